The van der Waals surface area contributed by atoms with Crippen LogP contribution in [0.3, 0.4) is 0 Å². The van der Waals surface area contributed by atoms with E-state index in [0.29, 0.717) is 16.8 Å². The molecule has 0 aliphatic rings. The maximum absolute atomic E-state index is 12.4. The van der Waals surface area contributed by atoms with Crippen LogP contribution in [0.25, 0.3) is 0 Å². The van der Waals surface area contributed by atoms with E-state index in [0.717, 1.165) is 4.47 Å². The molecule has 0 N–H and O–H groups in total. The molecule has 0 aromatic heterocycles. The average Bonchev–Trinajstić information content (AvgIpc) is 2.40. The van der Waals surface area contributed by atoms with Crippen molar-refractivity contribution in [2.45, 2.75) is 11.8 Å². The summed E-state index contributed by atoms with van der Waals surface area (Å²) in [5.41, 5.74) is 0. The van der Waals surface area contributed by atoms with Crippen LogP contribution in [0.2, 0.25) is 0 Å². The lowest BCUT2D eigenvalue weighted by Crippen LogP contribution is -2.11. The van der Waals surface area contributed by atoms with Crippen molar-refractivity contribution in [3.63, 3.8) is 0 Å². The normalized spacial score (nSPS) is 11.2. The Hall–Kier alpha value is -1.05. The highest BCUT2D eigenvalue weighted by atomic mass is 79.9. The number of benzene rings is 2. The lowest BCUT2D eigenvalue weighted by molar-refractivity contribution is 0.327. The lowest BCUT2D eigenvalue weighted by atomic mass is 10.3. The minimum absolute atomic E-state index is 0.0528. The van der Waals surface area contributed by atoms with Gasteiger partial charge in [-0.3, -0.25) is 0 Å². The minimum Gasteiger partial charge on any atom is -0.490 e. The first-order valence-electron chi connectivity index (χ1n) is 6.05. The molecule has 2 rings (SSSR count). The average molecular weight is 436 g/mol. The summed E-state index contributed by atoms with van der Waals surface area (Å²) in [6.45, 7) is 2.24. The zero-order chi connectivity index (χ0) is 15.5. The second-order valence-electron chi connectivity index (χ2n) is 3.99. The van der Waals surface area contributed by atoms with Crippen molar-refractivity contribution in [1.82, 2.24) is 0 Å². The molecule has 0 radical (unpaired) electrons. The van der Waals surface area contributed by atoms with Gasteiger partial charge in [0.05, 0.1) is 6.61 Å². The zero-order valence-corrected chi connectivity index (χ0v) is 15.0. The van der Waals surface area contributed by atoms with Gasteiger partial charge in [-0.05, 0) is 53.2 Å². The van der Waals surface area contributed by atoms with Crippen LogP contribution in [0.1, 0.15) is 6.92 Å². The number of rotatable bonds is 5. The molecule has 2 aromatic carbocycles. The molecule has 7 heteroatoms. The van der Waals surface area contributed by atoms with Crippen LogP contribution in [-0.2, 0) is 10.1 Å². The van der Waals surface area contributed by atoms with Crippen LogP contribution in [-0.4, -0.2) is 15.0 Å². The molecule has 2 aromatic rings. The van der Waals surface area contributed by atoms with Gasteiger partial charge in [-0.15, -0.1) is 0 Å². The van der Waals surface area contributed by atoms with E-state index in [1.807, 2.05) is 6.92 Å². The molecule has 0 unspecified atom stereocenters. The SMILES string of the molecule is CCOc1ccccc1OS(=O)(=O)c1ccc(Br)cc1Br. The summed E-state index contributed by atoms with van der Waals surface area (Å²) in [4.78, 5) is 0.0528. The Morgan fingerprint density at radius 1 is 1.05 bits per heavy atom. The van der Waals surface area contributed by atoms with Gasteiger partial charge in [0.15, 0.2) is 11.5 Å². The van der Waals surface area contributed by atoms with Gasteiger partial charge in [0.25, 0.3) is 0 Å². The van der Waals surface area contributed by atoms with Gasteiger partial charge in [0.2, 0.25) is 0 Å². The van der Waals surface area contributed by atoms with E-state index in [2.05, 4.69) is 31.9 Å². The van der Waals surface area contributed by atoms with Crippen LogP contribution < -0.4 is 8.92 Å². The quantitative estimate of drug-likeness (QED) is 0.654. The van der Waals surface area contributed by atoms with E-state index >= 15 is 0 Å². The molecule has 0 saturated carbocycles. The number of halogens is 2. The second kappa shape index (κ2) is 6.81. The Labute approximate surface area is 140 Å². The predicted molar refractivity (Wildman–Crippen MR) is 87.3 cm³/mol. The predicted octanol–water partition coefficient (Wildman–Crippen LogP) is 4.38. The topological polar surface area (TPSA) is 52.6 Å². The van der Waals surface area contributed by atoms with E-state index in [-0.39, 0.29) is 10.6 Å². The van der Waals surface area contributed by atoms with Crippen molar-refractivity contribution in [2.75, 3.05) is 6.61 Å². The second-order valence-corrected chi connectivity index (χ2v) is 7.28. The summed E-state index contributed by atoms with van der Waals surface area (Å²) in [6, 6.07) is 11.4. The van der Waals surface area contributed by atoms with Crippen molar-refractivity contribution in [1.29, 1.82) is 0 Å². The van der Waals surface area contributed by atoms with Crippen molar-refractivity contribution >= 4 is 42.0 Å². The van der Waals surface area contributed by atoms with Gasteiger partial charge < -0.3 is 8.92 Å². The highest BCUT2D eigenvalue weighted by Gasteiger charge is 2.22. The van der Waals surface area contributed by atoms with Gasteiger partial charge in [-0.1, -0.05) is 28.1 Å². The summed E-state index contributed by atoms with van der Waals surface area (Å²) in [7, 11) is -3.95. The van der Waals surface area contributed by atoms with Crippen LogP contribution in [0.5, 0.6) is 11.5 Å². The van der Waals surface area contributed by atoms with E-state index in [1.165, 1.54) is 6.07 Å². The van der Waals surface area contributed by atoms with Gasteiger partial charge in [-0.2, -0.15) is 8.42 Å². The van der Waals surface area contributed by atoms with Crippen LogP contribution >= 0.6 is 31.9 Å². The number of ether oxygens (including phenoxy) is 1. The van der Waals surface area contributed by atoms with Gasteiger partial charge in [0, 0.05) is 8.95 Å². The zero-order valence-electron chi connectivity index (χ0n) is 11.0. The summed E-state index contributed by atoms with van der Waals surface area (Å²) in [5.74, 6) is 0.547. The molecule has 0 bridgehead atoms. The summed E-state index contributed by atoms with van der Waals surface area (Å²) in [5, 5.41) is 0. The number of hydrogen-bond donors (Lipinski definition) is 0. The van der Waals surface area contributed by atoms with Crippen LogP contribution in [0.15, 0.2) is 56.3 Å². The molecule has 0 aliphatic carbocycles. The summed E-state index contributed by atoms with van der Waals surface area (Å²) >= 11 is 6.50. The standard InChI is InChI=1S/C14H12Br2O4S/c1-2-19-12-5-3-4-6-13(12)20-21(17,18)14-8-7-10(15)9-11(14)16/h3-9H,2H2,1H3. The fourth-order valence-corrected chi connectivity index (χ4v) is 4.27. The monoisotopic (exact) mass is 434 g/mol. The van der Waals surface area contributed by atoms with E-state index in [9.17, 15) is 8.42 Å². The molecule has 0 fully saturated rings. The Kier molecular flexibility index (Phi) is 5.29. The Bertz CT molecular complexity index is 744. The van der Waals surface area contributed by atoms with Gasteiger partial charge in [-0.25, -0.2) is 0 Å². The third-order valence-corrected chi connectivity index (χ3v) is 5.22. The molecule has 0 atom stereocenters. The van der Waals surface area contributed by atoms with E-state index in [1.54, 1.807) is 36.4 Å². The number of para-hydroxylation sites is 2. The number of hydrogen-bond acceptors (Lipinski definition) is 4. The molecule has 112 valence electrons. The molecule has 0 saturated heterocycles. The lowest BCUT2D eigenvalue weighted by Gasteiger charge is -2.12. The highest BCUT2D eigenvalue weighted by Crippen LogP contribution is 2.32. The van der Waals surface area contributed by atoms with Gasteiger partial charge in [0.1, 0.15) is 4.90 Å². The molecule has 0 heterocycles. The Morgan fingerprint density at radius 2 is 1.71 bits per heavy atom. The molecule has 0 amide bonds. The summed E-state index contributed by atoms with van der Waals surface area (Å²) < 4.78 is 36.5. The third-order valence-electron chi connectivity index (χ3n) is 2.51. The molecule has 4 nitrogen and oxygen atoms in total. The minimum atomic E-state index is -3.95. The van der Waals surface area contributed by atoms with Crippen molar-refractivity contribution in [2.24, 2.45) is 0 Å². The van der Waals surface area contributed by atoms with E-state index < -0.39 is 10.1 Å². The Morgan fingerprint density at radius 3 is 2.33 bits per heavy atom. The first-order valence-corrected chi connectivity index (χ1v) is 9.05. The van der Waals surface area contributed by atoms with Crippen LogP contribution in [0.4, 0.5) is 0 Å². The molecular weight excluding hydrogens is 424 g/mol. The first kappa shape index (κ1) is 16.3. The van der Waals surface area contributed by atoms with Crippen LogP contribution in [0, 0.1) is 0 Å². The maximum Gasteiger partial charge on any atom is 0.340 e. The third kappa shape index (κ3) is 3.99. The smallest absolute Gasteiger partial charge is 0.340 e. The molecular formula is C14H12Br2O4S. The maximum atomic E-state index is 12.4. The van der Waals surface area contributed by atoms with E-state index in [4.69, 9.17) is 8.92 Å². The van der Waals surface area contributed by atoms with Gasteiger partial charge >= 0.3 is 10.1 Å². The van der Waals surface area contributed by atoms with Crippen molar-refractivity contribution in [3.05, 3.63) is 51.4 Å². The molecule has 0 spiro atoms. The van der Waals surface area contributed by atoms with Crippen molar-refractivity contribution in [3.8, 4) is 11.5 Å². The largest absolute Gasteiger partial charge is 0.490 e. The fourth-order valence-electron chi connectivity index (χ4n) is 1.63. The fraction of sp³-hybridized carbons (Fsp3) is 0.143. The first-order chi connectivity index (χ1) is 9.94. The van der Waals surface area contributed by atoms with Crippen molar-refractivity contribution < 1.29 is 17.3 Å². The highest BCUT2D eigenvalue weighted by molar-refractivity contribution is 9.11. The molecule has 21 heavy (non-hydrogen) atoms. The molecule has 0 aliphatic heterocycles. The summed E-state index contributed by atoms with van der Waals surface area (Å²) in [6.07, 6.45) is 0. The Balaban J connectivity index is 2.38.